The Hall–Kier alpha value is -0.0500. The summed E-state index contributed by atoms with van der Waals surface area (Å²) in [5.41, 5.74) is -0.0927. The Labute approximate surface area is 71.0 Å². The number of hydrogen-bond acceptors (Lipinski definition) is 2. The van der Waals surface area contributed by atoms with Crippen LogP contribution in [0.3, 0.4) is 0 Å². The largest absolute Gasteiger partial charge is 0.232 e. The molecule has 0 heterocycles. The highest BCUT2D eigenvalue weighted by Gasteiger charge is 2.33. The van der Waals surface area contributed by atoms with E-state index in [1.54, 1.807) is 0 Å². The van der Waals surface area contributed by atoms with Crippen molar-refractivity contribution in [2.75, 3.05) is 5.75 Å². The monoisotopic (exact) mass is 178 g/mol. The third-order valence-electron chi connectivity index (χ3n) is 2.55. The molecule has 2 nitrogen and oxygen atoms in total. The average Bonchev–Trinajstić information content (AvgIpc) is 1.56. The molecule has 0 bridgehead atoms. The Kier molecular flexibility index (Phi) is 3.12. The van der Waals surface area contributed by atoms with Gasteiger partial charge in [-0.2, -0.15) is 0 Å². The smallest absolute Gasteiger partial charge is 0.140 e. The highest BCUT2D eigenvalue weighted by Crippen LogP contribution is 2.37. The molecule has 0 N–H and O–H groups in total. The second kappa shape index (κ2) is 3.13. The molecule has 0 saturated heterocycles. The highest BCUT2D eigenvalue weighted by molar-refractivity contribution is 7.72. The third-order valence-corrected chi connectivity index (χ3v) is 3.60. The standard InChI is InChI=1S/C8H18O2S/c1-7(2,3)8(4,5)6-11(9)10/h11H,6H2,1-5H3. The summed E-state index contributed by atoms with van der Waals surface area (Å²) in [7, 11) is -2.25. The fraction of sp³-hybridized carbons (Fsp3) is 1.00. The van der Waals surface area contributed by atoms with Crippen molar-refractivity contribution in [1.29, 1.82) is 0 Å². The molecule has 0 aromatic rings. The van der Waals surface area contributed by atoms with E-state index in [9.17, 15) is 8.42 Å². The van der Waals surface area contributed by atoms with Gasteiger partial charge in [0.2, 0.25) is 0 Å². The molecule has 0 rings (SSSR count). The van der Waals surface area contributed by atoms with Gasteiger partial charge >= 0.3 is 0 Å². The molecule has 0 aliphatic heterocycles. The summed E-state index contributed by atoms with van der Waals surface area (Å²) >= 11 is 0. The molecule has 0 fully saturated rings. The van der Waals surface area contributed by atoms with E-state index in [1.807, 2.05) is 13.8 Å². The van der Waals surface area contributed by atoms with Crippen molar-refractivity contribution in [3.05, 3.63) is 0 Å². The molecule has 3 heteroatoms. The summed E-state index contributed by atoms with van der Waals surface area (Å²) in [5, 5.41) is 0. The predicted octanol–water partition coefficient (Wildman–Crippen LogP) is 1.67. The molecule has 0 aromatic heterocycles. The summed E-state index contributed by atoms with van der Waals surface area (Å²) in [6, 6.07) is 0. The van der Waals surface area contributed by atoms with Gasteiger partial charge in [-0.05, 0) is 10.8 Å². The van der Waals surface area contributed by atoms with Gasteiger partial charge < -0.3 is 0 Å². The van der Waals surface area contributed by atoms with Crippen molar-refractivity contribution >= 4 is 10.7 Å². The van der Waals surface area contributed by atoms with E-state index < -0.39 is 10.7 Å². The normalized spacial score (nSPS) is 14.0. The van der Waals surface area contributed by atoms with Gasteiger partial charge in [-0.25, -0.2) is 8.42 Å². The van der Waals surface area contributed by atoms with Gasteiger partial charge in [0.15, 0.2) is 0 Å². The minimum Gasteiger partial charge on any atom is -0.232 e. The topological polar surface area (TPSA) is 34.1 Å². The number of rotatable bonds is 2. The molecular weight excluding hydrogens is 160 g/mol. The molecule has 0 aliphatic rings. The van der Waals surface area contributed by atoms with Crippen molar-refractivity contribution in [3.8, 4) is 0 Å². The zero-order chi connectivity index (χ0) is 9.28. The lowest BCUT2D eigenvalue weighted by molar-refractivity contribution is 0.161. The fourth-order valence-electron chi connectivity index (χ4n) is 0.560. The third kappa shape index (κ3) is 3.23. The van der Waals surface area contributed by atoms with Crippen molar-refractivity contribution < 1.29 is 8.42 Å². The molecule has 0 atom stereocenters. The van der Waals surface area contributed by atoms with Crippen LogP contribution >= 0.6 is 0 Å². The van der Waals surface area contributed by atoms with E-state index in [0.29, 0.717) is 0 Å². The van der Waals surface area contributed by atoms with Gasteiger partial charge in [-0.3, -0.25) is 0 Å². The molecule has 0 amide bonds. The van der Waals surface area contributed by atoms with E-state index in [-0.39, 0.29) is 16.6 Å². The van der Waals surface area contributed by atoms with Crippen LogP contribution in [-0.2, 0) is 10.7 Å². The lowest BCUT2D eigenvalue weighted by Crippen LogP contribution is -2.33. The van der Waals surface area contributed by atoms with Crippen LogP contribution in [0.4, 0.5) is 0 Å². The van der Waals surface area contributed by atoms with Crippen LogP contribution in [-0.4, -0.2) is 14.2 Å². The Balaban J connectivity index is 4.47. The SMILES string of the molecule is CC(C)(C)C(C)(C)C[SH](=O)=O. The van der Waals surface area contributed by atoms with Crippen LogP contribution in [0.1, 0.15) is 34.6 Å². The summed E-state index contributed by atoms with van der Waals surface area (Å²) in [5.74, 6) is 0.270. The van der Waals surface area contributed by atoms with Gasteiger partial charge in [-0.15, -0.1) is 0 Å². The van der Waals surface area contributed by atoms with Gasteiger partial charge in [0.25, 0.3) is 0 Å². The molecule has 11 heavy (non-hydrogen) atoms. The van der Waals surface area contributed by atoms with Gasteiger partial charge in [0.1, 0.15) is 10.7 Å². The Bertz CT molecular complexity index is 189. The van der Waals surface area contributed by atoms with Crippen LogP contribution in [0.25, 0.3) is 0 Å². The Morgan fingerprint density at radius 3 is 1.45 bits per heavy atom. The van der Waals surface area contributed by atoms with Gasteiger partial charge in [0, 0.05) is 0 Å². The first kappa shape index (κ1) is 11.0. The fourth-order valence-corrected chi connectivity index (χ4v) is 1.68. The number of hydrogen-bond donors (Lipinski definition) is 1. The lowest BCUT2D eigenvalue weighted by Gasteiger charge is -2.37. The van der Waals surface area contributed by atoms with Gasteiger partial charge in [-0.1, -0.05) is 34.6 Å². The maximum Gasteiger partial charge on any atom is 0.140 e. The maximum absolute atomic E-state index is 10.5. The Morgan fingerprint density at radius 2 is 1.36 bits per heavy atom. The molecule has 68 valence electrons. The van der Waals surface area contributed by atoms with E-state index in [2.05, 4.69) is 20.8 Å². The zero-order valence-electron chi connectivity index (χ0n) is 7.97. The van der Waals surface area contributed by atoms with Gasteiger partial charge in [0.05, 0.1) is 5.75 Å². The minimum atomic E-state index is -2.25. The van der Waals surface area contributed by atoms with Crippen LogP contribution in [0, 0.1) is 10.8 Å². The van der Waals surface area contributed by atoms with Crippen molar-refractivity contribution in [1.82, 2.24) is 0 Å². The second-order valence-corrected chi connectivity index (χ2v) is 5.61. The lowest BCUT2D eigenvalue weighted by atomic mass is 9.71. The zero-order valence-corrected chi connectivity index (χ0v) is 8.87. The van der Waals surface area contributed by atoms with Crippen molar-refractivity contribution in [2.45, 2.75) is 34.6 Å². The first-order valence-electron chi connectivity index (χ1n) is 3.78. The van der Waals surface area contributed by atoms with E-state index in [1.165, 1.54) is 0 Å². The Morgan fingerprint density at radius 1 is 1.00 bits per heavy atom. The second-order valence-electron chi connectivity index (χ2n) is 4.62. The van der Waals surface area contributed by atoms with Crippen LogP contribution in [0.2, 0.25) is 0 Å². The highest BCUT2D eigenvalue weighted by atomic mass is 32.2. The quantitative estimate of drug-likeness (QED) is 0.653. The summed E-state index contributed by atoms with van der Waals surface area (Å²) in [6.07, 6.45) is 0. The van der Waals surface area contributed by atoms with Crippen LogP contribution in [0.5, 0.6) is 0 Å². The molecule has 0 aromatic carbocycles. The van der Waals surface area contributed by atoms with Crippen LogP contribution < -0.4 is 0 Å². The van der Waals surface area contributed by atoms with Crippen molar-refractivity contribution in [2.24, 2.45) is 10.8 Å². The summed E-state index contributed by atoms with van der Waals surface area (Å²) in [4.78, 5) is 0. The molecule has 0 radical (unpaired) electrons. The van der Waals surface area contributed by atoms with E-state index in [0.717, 1.165) is 0 Å². The summed E-state index contributed by atoms with van der Waals surface area (Å²) < 4.78 is 21.0. The first-order chi connectivity index (χ1) is 4.67. The van der Waals surface area contributed by atoms with E-state index >= 15 is 0 Å². The first-order valence-corrected chi connectivity index (χ1v) is 5.15. The maximum atomic E-state index is 10.5. The molecule has 0 unspecified atom stereocenters. The summed E-state index contributed by atoms with van der Waals surface area (Å²) in [6.45, 7) is 10.2. The molecule has 0 saturated carbocycles. The molecule has 0 aliphatic carbocycles. The predicted molar refractivity (Wildman–Crippen MR) is 48.4 cm³/mol. The average molecular weight is 178 g/mol. The van der Waals surface area contributed by atoms with Crippen LogP contribution in [0.15, 0.2) is 0 Å². The molecular formula is C8H18O2S. The van der Waals surface area contributed by atoms with E-state index in [4.69, 9.17) is 0 Å². The number of thiol groups is 1. The molecule has 0 spiro atoms. The minimum absolute atomic E-state index is 0.0441. The van der Waals surface area contributed by atoms with Crippen molar-refractivity contribution in [3.63, 3.8) is 0 Å².